The van der Waals surface area contributed by atoms with Crippen LogP contribution in [0.3, 0.4) is 0 Å². The fourth-order valence-corrected chi connectivity index (χ4v) is 4.15. The molecule has 4 rings (SSSR count). The summed E-state index contributed by atoms with van der Waals surface area (Å²) >= 11 is 3.17. The number of anilines is 1. The van der Waals surface area contributed by atoms with E-state index in [9.17, 15) is 33.7 Å². The lowest BCUT2D eigenvalue weighted by Gasteiger charge is -2.11. The Hall–Kier alpha value is -5.05. The van der Waals surface area contributed by atoms with E-state index in [1.165, 1.54) is 49.6 Å². The third-order valence-corrected chi connectivity index (χ3v) is 5.92. The fourth-order valence-electron chi connectivity index (χ4n) is 3.57. The van der Waals surface area contributed by atoms with Gasteiger partial charge in [0.2, 0.25) is 11.5 Å². The number of hydrogen-bond acceptors (Lipinski definition) is 9. The Bertz CT molecular complexity index is 1570. The predicted octanol–water partition coefficient (Wildman–Crippen LogP) is 3.99. The van der Waals surface area contributed by atoms with Gasteiger partial charge in [-0.05, 0) is 64.0 Å². The van der Waals surface area contributed by atoms with Crippen LogP contribution < -0.4 is 15.4 Å². The van der Waals surface area contributed by atoms with Gasteiger partial charge in [-0.25, -0.2) is 14.0 Å². The van der Waals surface area contributed by atoms with Crippen LogP contribution in [0, 0.1) is 15.9 Å². The Morgan fingerprint density at radius 3 is 2.70 bits per heavy atom. The lowest BCUT2D eigenvalue weighted by molar-refractivity contribution is -0.385. The highest BCUT2D eigenvalue weighted by atomic mass is 79.9. The molecule has 0 unspecified atom stereocenters. The fraction of sp³-hybridized carbons (Fsp3) is 0.120. The van der Waals surface area contributed by atoms with Gasteiger partial charge in [0.05, 0.1) is 23.1 Å². The number of carbonyl (C=O) groups is 4. The smallest absolute Gasteiger partial charge is 0.373 e. The summed E-state index contributed by atoms with van der Waals surface area (Å²) in [6.07, 6.45) is 1.22. The standard InChI is InChI=1S/C25H18BrFN4O9/c1-38-24(34)20-6-5-16(40-20)11-30-23(33)18(29-25(30)35)8-13-7-17(26)22(19(9-13)31(36)37)39-12-21(32)28-15-4-2-3-14(27)10-15/h2-10H,11-12H2,1H3,(H,28,32)(H,29,35)/b18-8-. The van der Waals surface area contributed by atoms with E-state index in [0.29, 0.717) is 0 Å². The first-order valence-corrected chi connectivity index (χ1v) is 12.0. The quantitative estimate of drug-likeness (QED) is 0.119. The number of nitro benzene ring substituents is 1. The van der Waals surface area contributed by atoms with Crippen molar-refractivity contribution in [3.05, 3.63) is 91.7 Å². The number of esters is 1. The third kappa shape index (κ3) is 6.32. The number of hydrogen-bond donors (Lipinski definition) is 2. The number of nitro groups is 1. The number of nitrogens with one attached hydrogen (secondary N) is 2. The first-order valence-electron chi connectivity index (χ1n) is 11.2. The zero-order chi connectivity index (χ0) is 29.0. The van der Waals surface area contributed by atoms with E-state index < -0.39 is 46.8 Å². The largest absolute Gasteiger partial charge is 0.476 e. The average molecular weight is 617 g/mol. The highest BCUT2D eigenvalue weighted by molar-refractivity contribution is 9.10. The van der Waals surface area contributed by atoms with Crippen LogP contribution in [-0.2, 0) is 20.9 Å². The van der Waals surface area contributed by atoms with Gasteiger partial charge in [-0.1, -0.05) is 6.07 Å². The average Bonchev–Trinajstić information content (AvgIpc) is 3.47. The minimum absolute atomic E-state index is 0.0895. The molecule has 1 saturated heterocycles. The maximum absolute atomic E-state index is 13.3. The van der Waals surface area contributed by atoms with Crippen LogP contribution in [0.4, 0.5) is 20.6 Å². The Balaban J connectivity index is 1.49. The summed E-state index contributed by atoms with van der Waals surface area (Å²) in [5, 5.41) is 16.5. The first-order chi connectivity index (χ1) is 19.0. The molecule has 2 N–H and O–H groups in total. The number of halogens is 2. The Labute approximate surface area is 232 Å². The first kappa shape index (κ1) is 28.0. The molecule has 1 aliphatic heterocycles. The zero-order valence-corrected chi connectivity index (χ0v) is 22.0. The van der Waals surface area contributed by atoms with Crippen molar-refractivity contribution in [2.45, 2.75) is 6.54 Å². The summed E-state index contributed by atoms with van der Waals surface area (Å²) in [4.78, 5) is 60.8. The number of benzene rings is 2. The van der Waals surface area contributed by atoms with Gasteiger partial charge in [-0.15, -0.1) is 0 Å². The van der Waals surface area contributed by atoms with Gasteiger partial charge in [-0.2, -0.15) is 0 Å². The van der Waals surface area contributed by atoms with Gasteiger partial charge >= 0.3 is 17.7 Å². The van der Waals surface area contributed by atoms with Crippen LogP contribution in [0.25, 0.3) is 6.08 Å². The molecular formula is C25H18BrFN4O9. The van der Waals surface area contributed by atoms with Crippen LogP contribution in [0.2, 0.25) is 0 Å². The van der Waals surface area contributed by atoms with Crippen LogP contribution in [0.15, 0.2) is 63.1 Å². The topological polar surface area (TPSA) is 170 Å². The van der Waals surface area contributed by atoms with Crippen molar-refractivity contribution in [1.29, 1.82) is 0 Å². The maximum atomic E-state index is 13.3. The van der Waals surface area contributed by atoms with Crippen LogP contribution in [-0.4, -0.2) is 47.4 Å². The molecule has 2 heterocycles. The van der Waals surface area contributed by atoms with Gasteiger partial charge in [0, 0.05) is 11.8 Å². The number of amides is 4. The number of furan rings is 1. The van der Waals surface area contributed by atoms with Crippen molar-refractivity contribution in [3.8, 4) is 5.75 Å². The second kappa shape index (κ2) is 11.8. The second-order valence-corrected chi connectivity index (χ2v) is 8.95. The molecule has 1 aromatic heterocycles. The van der Waals surface area contributed by atoms with Gasteiger partial charge in [-0.3, -0.25) is 24.6 Å². The molecule has 0 spiro atoms. The summed E-state index contributed by atoms with van der Waals surface area (Å²) in [6.45, 7) is -0.905. The number of urea groups is 1. The van der Waals surface area contributed by atoms with Crippen molar-refractivity contribution in [1.82, 2.24) is 10.2 Å². The summed E-state index contributed by atoms with van der Waals surface area (Å²) < 4.78 is 28.6. The predicted molar refractivity (Wildman–Crippen MR) is 138 cm³/mol. The van der Waals surface area contributed by atoms with E-state index >= 15 is 0 Å². The number of carbonyl (C=O) groups excluding carboxylic acids is 4. The van der Waals surface area contributed by atoms with E-state index in [0.717, 1.165) is 17.0 Å². The van der Waals surface area contributed by atoms with Crippen LogP contribution in [0.5, 0.6) is 5.75 Å². The molecule has 0 radical (unpaired) electrons. The van der Waals surface area contributed by atoms with E-state index in [1.54, 1.807) is 0 Å². The number of rotatable bonds is 9. The van der Waals surface area contributed by atoms with Crippen molar-refractivity contribution >= 4 is 57.2 Å². The van der Waals surface area contributed by atoms with Crippen LogP contribution >= 0.6 is 15.9 Å². The summed E-state index contributed by atoms with van der Waals surface area (Å²) in [5.41, 5.74) is -0.363. The monoisotopic (exact) mass is 616 g/mol. The molecular weight excluding hydrogens is 599 g/mol. The molecule has 3 aromatic rings. The maximum Gasteiger partial charge on any atom is 0.373 e. The third-order valence-electron chi connectivity index (χ3n) is 5.33. The van der Waals surface area contributed by atoms with E-state index in [4.69, 9.17) is 9.15 Å². The Morgan fingerprint density at radius 1 is 1.23 bits per heavy atom. The van der Waals surface area contributed by atoms with Gasteiger partial charge in [0.25, 0.3) is 11.8 Å². The highest BCUT2D eigenvalue weighted by Gasteiger charge is 2.34. The van der Waals surface area contributed by atoms with E-state index in [-0.39, 0.29) is 45.2 Å². The molecule has 0 atom stereocenters. The molecule has 1 aliphatic rings. The van der Waals surface area contributed by atoms with Gasteiger partial charge in [0.15, 0.2) is 6.61 Å². The minimum atomic E-state index is -0.773. The Morgan fingerprint density at radius 2 is 2.00 bits per heavy atom. The normalized spacial score (nSPS) is 13.8. The molecule has 40 heavy (non-hydrogen) atoms. The molecule has 4 amide bonds. The Kier molecular flexibility index (Phi) is 8.23. The molecule has 1 fully saturated rings. The molecule has 206 valence electrons. The molecule has 0 aliphatic carbocycles. The minimum Gasteiger partial charge on any atom is -0.476 e. The highest BCUT2D eigenvalue weighted by Crippen LogP contribution is 2.37. The lowest BCUT2D eigenvalue weighted by atomic mass is 10.1. The van der Waals surface area contributed by atoms with E-state index in [2.05, 4.69) is 31.3 Å². The summed E-state index contributed by atoms with van der Waals surface area (Å²) in [7, 11) is 1.17. The molecule has 13 nitrogen and oxygen atoms in total. The van der Waals surface area contributed by atoms with Crippen LogP contribution in [0.1, 0.15) is 21.9 Å². The number of nitrogens with zero attached hydrogens (tertiary/aromatic N) is 2. The number of imide groups is 1. The van der Waals surface area contributed by atoms with Gasteiger partial charge in [0.1, 0.15) is 17.3 Å². The second-order valence-electron chi connectivity index (χ2n) is 8.09. The van der Waals surface area contributed by atoms with Crippen molar-refractivity contribution in [2.75, 3.05) is 19.0 Å². The molecule has 2 aromatic carbocycles. The van der Waals surface area contributed by atoms with Gasteiger partial charge < -0.3 is 24.5 Å². The summed E-state index contributed by atoms with van der Waals surface area (Å²) in [5.74, 6) is -2.94. The lowest BCUT2D eigenvalue weighted by Crippen LogP contribution is -2.30. The van der Waals surface area contributed by atoms with Crippen molar-refractivity contribution < 1.29 is 42.4 Å². The molecule has 0 saturated carbocycles. The number of methoxy groups -OCH3 is 1. The van der Waals surface area contributed by atoms with E-state index in [1.807, 2.05) is 0 Å². The molecule has 0 bridgehead atoms. The zero-order valence-electron chi connectivity index (χ0n) is 20.4. The molecule has 15 heteroatoms. The number of ether oxygens (including phenoxy) is 2. The summed E-state index contributed by atoms with van der Waals surface area (Å²) in [6, 6.07) is 9.60. The van der Waals surface area contributed by atoms with Crippen molar-refractivity contribution in [2.24, 2.45) is 0 Å². The SMILES string of the molecule is COC(=O)c1ccc(CN2C(=O)N/C(=C\c3cc(Br)c(OCC(=O)Nc4cccc(F)c4)c([N+](=O)[O-])c3)C2=O)o1. The van der Waals surface area contributed by atoms with Crippen molar-refractivity contribution in [3.63, 3.8) is 0 Å².